The van der Waals surface area contributed by atoms with Gasteiger partial charge in [-0.25, -0.2) is 0 Å². The molecule has 1 aliphatic heterocycles. The smallest absolute Gasteiger partial charge is 0.0936 e. The van der Waals surface area contributed by atoms with Gasteiger partial charge < -0.3 is 9.64 Å². The Kier molecular flexibility index (Phi) is 18.5. The van der Waals surface area contributed by atoms with Crippen molar-refractivity contribution in [3.05, 3.63) is 0 Å². The van der Waals surface area contributed by atoms with Gasteiger partial charge in [0, 0.05) is 6.54 Å². The van der Waals surface area contributed by atoms with Gasteiger partial charge in [-0.1, -0.05) is 97.3 Å². The summed E-state index contributed by atoms with van der Waals surface area (Å²) >= 11 is 0. The van der Waals surface area contributed by atoms with Gasteiger partial charge in [0.2, 0.25) is 0 Å². The van der Waals surface area contributed by atoms with E-state index in [2.05, 4.69) is 18.7 Å². The molecular formula is C21H44BrNO. The van der Waals surface area contributed by atoms with E-state index >= 15 is 0 Å². The Morgan fingerprint density at radius 2 is 1.12 bits per heavy atom. The first-order valence-electron chi connectivity index (χ1n) is 10.7. The molecule has 0 amide bonds. The molecule has 1 saturated heterocycles. The monoisotopic (exact) mass is 405 g/mol. The normalized spacial score (nSPS) is 16.4. The Labute approximate surface area is 162 Å². The van der Waals surface area contributed by atoms with Crippen molar-refractivity contribution in [2.45, 2.75) is 110 Å². The van der Waals surface area contributed by atoms with Crippen LogP contribution >= 0.6 is 17.0 Å². The third kappa shape index (κ3) is 15.9. The molecule has 1 rings (SSSR count). The average molecular weight is 406 g/mol. The molecule has 0 aromatic carbocycles. The van der Waals surface area contributed by atoms with E-state index in [1.54, 1.807) is 0 Å². The van der Waals surface area contributed by atoms with Gasteiger partial charge in [-0.05, 0) is 19.5 Å². The first kappa shape index (κ1) is 24.4. The molecule has 0 aliphatic carbocycles. The van der Waals surface area contributed by atoms with Gasteiger partial charge in [-0.3, -0.25) is 0 Å². The third-order valence-corrected chi connectivity index (χ3v) is 5.14. The molecule has 24 heavy (non-hydrogen) atoms. The highest BCUT2D eigenvalue weighted by Gasteiger charge is 2.24. The minimum absolute atomic E-state index is 0. The van der Waals surface area contributed by atoms with E-state index in [4.69, 9.17) is 4.74 Å². The highest BCUT2D eigenvalue weighted by molar-refractivity contribution is 8.93. The molecule has 1 aliphatic rings. The van der Waals surface area contributed by atoms with Crippen LogP contribution in [0.15, 0.2) is 0 Å². The fourth-order valence-corrected chi connectivity index (χ4v) is 3.37. The molecule has 3 heteroatoms. The predicted octanol–water partition coefficient (Wildman–Crippen LogP) is 6.77. The zero-order valence-corrected chi connectivity index (χ0v) is 18.3. The second-order valence-electron chi connectivity index (χ2n) is 7.44. The van der Waals surface area contributed by atoms with E-state index in [0.29, 0.717) is 6.10 Å². The molecule has 0 saturated carbocycles. The summed E-state index contributed by atoms with van der Waals surface area (Å²) in [6.45, 7) is 9.17. The second kappa shape index (κ2) is 18.2. The van der Waals surface area contributed by atoms with Crippen LogP contribution in [0.3, 0.4) is 0 Å². The van der Waals surface area contributed by atoms with Crippen molar-refractivity contribution in [2.24, 2.45) is 0 Å². The summed E-state index contributed by atoms with van der Waals surface area (Å²) in [5.41, 5.74) is 0. The van der Waals surface area contributed by atoms with E-state index in [1.165, 1.54) is 103 Å². The number of unbranched alkanes of at least 4 members (excludes halogenated alkanes) is 13. The van der Waals surface area contributed by atoms with Crippen LogP contribution in [-0.2, 0) is 4.74 Å². The molecule has 146 valence electrons. The fraction of sp³-hybridized carbons (Fsp3) is 1.00. The van der Waals surface area contributed by atoms with Gasteiger partial charge in [-0.2, -0.15) is 0 Å². The van der Waals surface area contributed by atoms with Gasteiger partial charge in [0.15, 0.2) is 0 Å². The Hall–Kier alpha value is 0.400. The molecule has 1 atom stereocenters. The van der Waals surface area contributed by atoms with Crippen LogP contribution in [0.4, 0.5) is 0 Å². The summed E-state index contributed by atoms with van der Waals surface area (Å²) in [6.07, 6.45) is 20.8. The highest BCUT2D eigenvalue weighted by atomic mass is 79.9. The largest absolute Gasteiger partial charge is 0.372 e. The number of nitrogens with zero attached hydrogens (tertiary/aromatic N) is 1. The van der Waals surface area contributed by atoms with Gasteiger partial charge in [0.05, 0.1) is 12.7 Å². The Morgan fingerprint density at radius 1 is 0.708 bits per heavy atom. The number of halogens is 1. The van der Waals surface area contributed by atoms with Gasteiger partial charge >= 0.3 is 0 Å². The maximum atomic E-state index is 5.32. The summed E-state index contributed by atoms with van der Waals surface area (Å²) in [7, 11) is 0. The molecule has 0 bridgehead atoms. The predicted molar refractivity (Wildman–Crippen MR) is 112 cm³/mol. The number of hydrogen-bond acceptors (Lipinski definition) is 2. The number of likely N-dealkylation sites (N-methyl/N-ethyl adjacent to an activating group) is 1. The van der Waals surface area contributed by atoms with Crippen molar-refractivity contribution in [1.29, 1.82) is 0 Å². The second-order valence-corrected chi connectivity index (χ2v) is 7.44. The Bertz CT molecular complexity index is 246. The quantitative estimate of drug-likeness (QED) is 0.184. The maximum absolute atomic E-state index is 5.32. The van der Waals surface area contributed by atoms with Crippen molar-refractivity contribution in [2.75, 3.05) is 26.2 Å². The van der Waals surface area contributed by atoms with Crippen LogP contribution in [-0.4, -0.2) is 37.2 Å². The Balaban J connectivity index is 0.00000529. The van der Waals surface area contributed by atoms with Crippen LogP contribution < -0.4 is 0 Å². The van der Waals surface area contributed by atoms with E-state index < -0.39 is 0 Å². The molecule has 0 aromatic rings. The third-order valence-electron chi connectivity index (χ3n) is 5.14. The van der Waals surface area contributed by atoms with Crippen molar-refractivity contribution in [3.63, 3.8) is 0 Å². The van der Waals surface area contributed by atoms with Crippen molar-refractivity contribution in [3.8, 4) is 0 Å². The molecule has 0 radical (unpaired) electrons. The number of rotatable bonds is 18. The summed E-state index contributed by atoms with van der Waals surface area (Å²) in [4.78, 5) is 2.55. The molecule has 0 N–H and O–H groups in total. The molecule has 1 unspecified atom stereocenters. The van der Waals surface area contributed by atoms with Crippen LogP contribution in [0, 0.1) is 0 Å². The Morgan fingerprint density at radius 3 is 1.50 bits per heavy atom. The number of ether oxygens (including phenoxy) is 1. The SMILES string of the molecule is Br.CCCCCCCCCCCCCCCCN(CC)CC1CO1. The van der Waals surface area contributed by atoms with Gasteiger partial charge in [0.25, 0.3) is 0 Å². The number of epoxide rings is 1. The summed E-state index contributed by atoms with van der Waals surface area (Å²) < 4.78 is 5.32. The fourth-order valence-electron chi connectivity index (χ4n) is 3.37. The number of hydrogen-bond donors (Lipinski definition) is 0. The van der Waals surface area contributed by atoms with Crippen LogP contribution in [0.5, 0.6) is 0 Å². The van der Waals surface area contributed by atoms with Crippen LogP contribution in [0.25, 0.3) is 0 Å². The van der Waals surface area contributed by atoms with Crippen molar-refractivity contribution >= 4 is 17.0 Å². The minimum atomic E-state index is 0. The van der Waals surface area contributed by atoms with E-state index in [9.17, 15) is 0 Å². The minimum Gasteiger partial charge on any atom is -0.372 e. The van der Waals surface area contributed by atoms with E-state index in [-0.39, 0.29) is 17.0 Å². The average Bonchev–Trinajstić information content (AvgIpc) is 3.38. The molecule has 2 nitrogen and oxygen atoms in total. The van der Waals surface area contributed by atoms with Gasteiger partial charge in [-0.15, -0.1) is 17.0 Å². The van der Waals surface area contributed by atoms with Crippen molar-refractivity contribution in [1.82, 2.24) is 4.90 Å². The molecule has 1 heterocycles. The maximum Gasteiger partial charge on any atom is 0.0936 e. The zero-order valence-electron chi connectivity index (χ0n) is 16.6. The summed E-state index contributed by atoms with van der Waals surface area (Å²) in [6, 6.07) is 0. The lowest BCUT2D eigenvalue weighted by molar-refractivity contribution is 0.247. The lowest BCUT2D eigenvalue weighted by Gasteiger charge is -2.18. The van der Waals surface area contributed by atoms with Crippen molar-refractivity contribution < 1.29 is 4.74 Å². The zero-order chi connectivity index (χ0) is 16.6. The van der Waals surface area contributed by atoms with Crippen LogP contribution in [0.1, 0.15) is 104 Å². The topological polar surface area (TPSA) is 15.8 Å². The summed E-state index contributed by atoms with van der Waals surface area (Å²) in [5, 5.41) is 0. The van der Waals surface area contributed by atoms with E-state index in [1.807, 2.05) is 0 Å². The molecule has 1 fully saturated rings. The first-order valence-corrected chi connectivity index (χ1v) is 10.7. The molecule has 0 aromatic heterocycles. The first-order chi connectivity index (χ1) is 11.4. The summed E-state index contributed by atoms with van der Waals surface area (Å²) in [5.74, 6) is 0. The lowest BCUT2D eigenvalue weighted by Crippen LogP contribution is -2.28. The highest BCUT2D eigenvalue weighted by Crippen LogP contribution is 2.14. The lowest BCUT2D eigenvalue weighted by atomic mass is 10.0. The standard InChI is InChI=1S/C21H43NO.BrH/c1-3-5-6-7-8-9-10-11-12-13-14-15-16-17-18-22(4-2)19-21-20-23-21;/h21H,3-20H2,1-2H3;1H. The van der Waals surface area contributed by atoms with Gasteiger partial charge in [0.1, 0.15) is 0 Å². The van der Waals surface area contributed by atoms with Crippen LogP contribution in [0.2, 0.25) is 0 Å². The molecular weight excluding hydrogens is 362 g/mol. The molecule has 0 spiro atoms. The van der Waals surface area contributed by atoms with E-state index in [0.717, 1.165) is 13.2 Å².